The van der Waals surface area contributed by atoms with Gasteiger partial charge in [-0.1, -0.05) is 0 Å². The first-order chi connectivity index (χ1) is 3.89. The van der Waals surface area contributed by atoms with Crippen LogP contribution in [0.5, 0.6) is 0 Å². The molecule has 0 aromatic rings. The van der Waals surface area contributed by atoms with Gasteiger partial charge in [0.05, 0.1) is 0 Å². The maximum atomic E-state index is 10.1. The van der Waals surface area contributed by atoms with Gasteiger partial charge in [-0.05, 0) is 6.42 Å². The van der Waals surface area contributed by atoms with Crippen molar-refractivity contribution in [2.45, 2.75) is 12.8 Å². The molecule has 0 aromatic carbocycles. The molecule has 54 valence electrons. The summed E-state index contributed by atoms with van der Waals surface area (Å²) in [6.45, 7) is 6.89. The zero-order chi connectivity index (χ0) is 6.41. The standard InChI is InChI=1S/C4H7NO.C2H4.AsH3/c6-4-2-1-3-5-4;1-2;/h1-3H2,(H,5,6);1-2H2;1H3. The molecule has 0 bridgehead atoms. The molecule has 0 radical (unpaired) electrons. The molecule has 0 aliphatic carbocycles. The van der Waals surface area contributed by atoms with E-state index in [1.165, 1.54) is 0 Å². The Balaban J connectivity index is 0. The van der Waals surface area contributed by atoms with Crippen LogP contribution >= 0.6 is 0 Å². The fourth-order valence-corrected chi connectivity index (χ4v) is 0.565. The van der Waals surface area contributed by atoms with Crippen molar-refractivity contribution in [3.05, 3.63) is 13.2 Å². The summed E-state index contributed by atoms with van der Waals surface area (Å²) in [5.74, 6) is 0.204. The number of carbonyl (C=O) groups excluding carboxylic acids is 1. The van der Waals surface area contributed by atoms with Gasteiger partial charge in [0.15, 0.2) is 0 Å². The zero-order valence-electron chi connectivity index (χ0n) is 5.65. The molecule has 1 heterocycles. The van der Waals surface area contributed by atoms with E-state index in [4.69, 9.17) is 0 Å². The van der Waals surface area contributed by atoms with Crippen molar-refractivity contribution in [3.8, 4) is 0 Å². The molecule has 1 N–H and O–H groups in total. The summed E-state index contributed by atoms with van der Waals surface area (Å²) in [4.78, 5) is 10.1. The van der Waals surface area contributed by atoms with Crippen LogP contribution in [-0.2, 0) is 4.79 Å². The van der Waals surface area contributed by atoms with E-state index in [-0.39, 0.29) is 23.9 Å². The molecule has 1 fully saturated rings. The Kier molecular flexibility index (Phi) is 9.97. The first-order valence-corrected chi connectivity index (χ1v) is 2.66. The number of amides is 1. The van der Waals surface area contributed by atoms with Crippen LogP contribution in [0.15, 0.2) is 13.2 Å². The van der Waals surface area contributed by atoms with Crippen molar-refractivity contribution in [3.63, 3.8) is 0 Å². The molecule has 0 saturated carbocycles. The predicted molar refractivity (Wildman–Crippen MR) is 43.4 cm³/mol. The quantitative estimate of drug-likeness (QED) is 0.406. The Bertz CT molecular complexity index is 77.1. The second-order valence-corrected chi connectivity index (χ2v) is 1.45. The van der Waals surface area contributed by atoms with Gasteiger partial charge in [0.25, 0.3) is 0 Å². The van der Waals surface area contributed by atoms with Gasteiger partial charge in [-0.15, -0.1) is 13.2 Å². The summed E-state index contributed by atoms with van der Waals surface area (Å²) >= 11 is 0. The van der Waals surface area contributed by atoms with E-state index in [9.17, 15) is 4.79 Å². The Hall–Kier alpha value is -0.232. The molecule has 3 heteroatoms. The third kappa shape index (κ3) is 5.64. The van der Waals surface area contributed by atoms with Gasteiger partial charge in [0, 0.05) is 13.0 Å². The Morgan fingerprint density at radius 2 is 2.00 bits per heavy atom. The van der Waals surface area contributed by atoms with Crippen LogP contribution < -0.4 is 5.32 Å². The molecular weight excluding hydrogens is 177 g/mol. The van der Waals surface area contributed by atoms with E-state index in [1.807, 2.05) is 0 Å². The van der Waals surface area contributed by atoms with Crippen molar-refractivity contribution in [2.75, 3.05) is 6.54 Å². The van der Waals surface area contributed by atoms with Gasteiger partial charge in [-0.25, -0.2) is 0 Å². The van der Waals surface area contributed by atoms with Crippen LogP contribution in [0, 0.1) is 0 Å². The van der Waals surface area contributed by atoms with Gasteiger partial charge < -0.3 is 5.32 Å². The first-order valence-electron chi connectivity index (χ1n) is 2.66. The second-order valence-electron chi connectivity index (χ2n) is 1.45. The monoisotopic (exact) mass is 191 g/mol. The van der Waals surface area contributed by atoms with E-state index < -0.39 is 0 Å². The molecule has 1 rings (SSSR count). The third-order valence-corrected chi connectivity index (χ3v) is 0.903. The van der Waals surface area contributed by atoms with Gasteiger partial charge in [-0.3, -0.25) is 4.79 Å². The maximum absolute atomic E-state index is 10.1. The van der Waals surface area contributed by atoms with Crippen LogP contribution in [0.1, 0.15) is 12.8 Å². The number of rotatable bonds is 0. The van der Waals surface area contributed by atoms with E-state index in [2.05, 4.69) is 18.5 Å². The Morgan fingerprint density at radius 3 is 2.11 bits per heavy atom. The molecule has 1 atom stereocenters. The van der Waals surface area contributed by atoms with Crippen LogP contribution in [-0.4, -0.2) is 30.4 Å². The van der Waals surface area contributed by atoms with Gasteiger partial charge in [0.1, 0.15) is 0 Å². The van der Waals surface area contributed by atoms with Gasteiger partial charge in [-0.2, -0.15) is 0 Å². The molecule has 1 amide bonds. The van der Waals surface area contributed by atoms with E-state index in [0.29, 0.717) is 0 Å². The van der Waals surface area contributed by atoms with Crippen LogP contribution in [0.2, 0.25) is 0 Å². The van der Waals surface area contributed by atoms with Gasteiger partial charge >= 0.3 is 18.0 Å². The van der Waals surface area contributed by atoms with Crippen molar-refractivity contribution in [1.82, 2.24) is 5.32 Å². The number of nitrogens with one attached hydrogen (secondary N) is 1. The van der Waals surface area contributed by atoms with Crippen molar-refractivity contribution < 1.29 is 4.79 Å². The van der Waals surface area contributed by atoms with Crippen LogP contribution in [0.4, 0.5) is 0 Å². The van der Waals surface area contributed by atoms with Crippen molar-refractivity contribution in [2.24, 2.45) is 0 Å². The summed E-state index contributed by atoms with van der Waals surface area (Å²) in [5.41, 5.74) is 0. The third-order valence-electron chi connectivity index (χ3n) is 0.903. The molecule has 1 aliphatic rings. The Morgan fingerprint density at radius 1 is 1.44 bits per heavy atom. The average Bonchev–Trinajstić information content (AvgIpc) is 2.24. The molecule has 0 spiro atoms. The summed E-state index contributed by atoms with van der Waals surface area (Å²) in [5, 5.41) is 2.68. The van der Waals surface area contributed by atoms with Crippen molar-refractivity contribution in [1.29, 1.82) is 0 Å². The van der Waals surface area contributed by atoms with E-state index >= 15 is 0 Å². The van der Waals surface area contributed by atoms with E-state index in [1.54, 1.807) is 0 Å². The van der Waals surface area contributed by atoms with Gasteiger partial charge in [0.2, 0.25) is 5.91 Å². The number of hydrogen-bond acceptors (Lipinski definition) is 1. The van der Waals surface area contributed by atoms with Crippen LogP contribution in [0.25, 0.3) is 0 Å². The Labute approximate surface area is 67.0 Å². The fourth-order valence-electron chi connectivity index (χ4n) is 0.565. The molecule has 1 aliphatic heterocycles. The number of carbonyl (C=O) groups is 1. The minimum absolute atomic E-state index is 0. The van der Waals surface area contributed by atoms with Crippen LogP contribution in [0.3, 0.4) is 0 Å². The molecule has 9 heavy (non-hydrogen) atoms. The summed E-state index contributed by atoms with van der Waals surface area (Å²) < 4.78 is 0. The second kappa shape index (κ2) is 7.77. The molecule has 1 unspecified atom stereocenters. The molecule has 1 saturated heterocycles. The topological polar surface area (TPSA) is 29.1 Å². The summed E-state index contributed by atoms with van der Waals surface area (Å²) in [6, 6.07) is 0. The van der Waals surface area contributed by atoms with E-state index in [0.717, 1.165) is 19.4 Å². The molecule has 0 aromatic heterocycles. The predicted octanol–water partition coefficient (Wildman–Crippen LogP) is -0.485. The SMILES string of the molecule is C=C.O=C1CCCN1.[AsH3]. The zero-order valence-corrected chi connectivity index (χ0v) is 8.62. The normalized spacial score (nSPS) is 14.4. The molecule has 2 nitrogen and oxygen atoms in total. The molecular formula is C6H14AsNO. The first kappa shape index (κ1) is 11.6. The minimum atomic E-state index is 0. The van der Waals surface area contributed by atoms with Crippen molar-refractivity contribution >= 4 is 23.9 Å². The number of hydrogen-bond donors (Lipinski definition) is 1. The summed E-state index contributed by atoms with van der Waals surface area (Å²) in [6.07, 6.45) is 1.76. The summed E-state index contributed by atoms with van der Waals surface area (Å²) in [7, 11) is 0. The fraction of sp³-hybridized carbons (Fsp3) is 0.500. The average molecular weight is 191 g/mol.